The molecule has 2 amide bonds. The van der Waals surface area contributed by atoms with Gasteiger partial charge in [0.2, 0.25) is 11.8 Å². The molecule has 3 aromatic carbocycles. The van der Waals surface area contributed by atoms with E-state index in [4.69, 9.17) is 9.31 Å². The molecule has 0 atom stereocenters. The maximum Gasteiger partial charge on any atom is 0.492 e. The fourth-order valence-electron chi connectivity index (χ4n) is 4.99. The number of aromatic carboxylic acids is 1. The molecule has 10 nitrogen and oxygen atoms in total. The van der Waals surface area contributed by atoms with Crippen molar-refractivity contribution < 1.29 is 38.8 Å². The van der Waals surface area contributed by atoms with Crippen molar-refractivity contribution >= 4 is 42.9 Å². The number of benzene rings is 3. The van der Waals surface area contributed by atoms with E-state index in [0.29, 0.717) is 33.2 Å². The van der Waals surface area contributed by atoms with Crippen LogP contribution in [0.2, 0.25) is 0 Å². The fourth-order valence-corrected chi connectivity index (χ4v) is 4.99. The molecule has 0 spiro atoms. The van der Waals surface area contributed by atoms with Crippen LogP contribution in [-0.2, 0) is 58.0 Å². The van der Waals surface area contributed by atoms with Gasteiger partial charge in [-0.15, -0.1) is 0 Å². The van der Waals surface area contributed by atoms with E-state index in [-0.39, 0.29) is 56.5 Å². The van der Waals surface area contributed by atoms with Crippen molar-refractivity contribution in [3.8, 4) is 0 Å². The van der Waals surface area contributed by atoms with Crippen LogP contribution in [-0.4, -0.2) is 47.2 Å². The van der Waals surface area contributed by atoms with Gasteiger partial charge >= 0.3 is 20.2 Å². The maximum atomic E-state index is 12.7. The molecule has 2 aliphatic rings. The molecule has 2 aliphatic heterocycles. The van der Waals surface area contributed by atoms with Crippen LogP contribution < -0.4 is 21.6 Å². The Balaban J connectivity index is 1.21. The summed E-state index contributed by atoms with van der Waals surface area (Å²) in [5, 5.41) is 35.3. The number of carboxylic acids is 1. The van der Waals surface area contributed by atoms with E-state index in [2.05, 4.69) is 10.6 Å². The number of carbonyl (C=O) groups is 3. The Bertz CT molecular complexity index is 1350. The molecule has 5 N–H and O–H groups in total. The van der Waals surface area contributed by atoms with Crippen LogP contribution in [0.1, 0.15) is 43.7 Å². The maximum absolute atomic E-state index is 12.7. The van der Waals surface area contributed by atoms with Gasteiger partial charge in [-0.25, -0.2) is 4.79 Å². The minimum absolute atomic E-state index is 0.0355. The third-order valence-corrected chi connectivity index (χ3v) is 6.84. The lowest BCUT2D eigenvalue weighted by Gasteiger charge is -2.12. The van der Waals surface area contributed by atoms with Crippen LogP contribution in [0.5, 0.6) is 0 Å². The summed E-state index contributed by atoms with van der Waals surface area (Å²) in [6.07, 6.45) is 0.0715. The number of hydrogen-bond donors (Lipinski definition) is 5. The summed E-state index contributed by atoms with van der Waals surface area (Å²) in [5.74, 6) is -1.71. The predicted octanol–water partition coefficient (Wildman–Crippen LogP) is -0.462. The molecule has 198 valence electrons. The standard InChI is InChI=1S/C27H26B2N2O8/c32-23(10-18-3-1-5-20-14-38-28(36)25(18)20)30-12-16-7-17(9-22(8-16)27(34)35)13-31-24(33)11-19-4-2-6-21-15-39-29(37)26(19)21/h1-9,36-37H,10-15H2,(H,30,32)(H,31,33)(H,34,35). The Morgan fingerprint density at radius 3 is 1.64 bits per heavy atom. The molecular weight excluding hydrogens is 502 g/mol. The first-order chi connectivity index (χ1) is 18.8. The van der Waals surface area contributed by atoms with Gasteiger partial charge in [-0.2, -0.15) is 0 Å². The van der Waals surface area contributed by atoms with Crippen LogP contribution in [0.4, 0.5) is 0 Å². The van der Waals surface area contributed by atoms with E-state index in [9.17, 15) is 29.5 Å². The van der Waals surface area contributed by atoms with Gasteiger partial charge in [0.15, 0.2) is 0 Å². The highest BCUT2D eigenvalue weighted by atomic mass is 16.5. The second-order valence-electron chi connectivity index (χ2n) is 9.56. The summed E-state index contributed by atoms with van der Waals surface area (Å²) in [6, 6.07) is 15.5. The molecule has 3 aromatic rings. The molecule has 0 unspecified atom stereocenters. The highest BCUT2D eigenvalue weighted by molar-refractivity contribution is 6.62. The van der Waals surface area contributed by atoms with Gasteiger partial charge in [0, 0.05) is 13.1 Å². The molecule has 0 bridgehead atoms. The van der Waals surface area contributed by atoms with Gasteiger partial charge in [0.25, 0.3) is 0 Å². The van der Waals surface area contributed by atoms with Crippen molar-refractivity contribution in [3.05, 3.63) is 93.5 Å². The Morgan fingerprint density at radius 1 is 0.744 bits per heavy atom. The van der Waals surface area contributed by atoms with E-state index in [1.807, 2.05) is 12.1 Å². The number of hydrogen-bond acceptors (Lipinski definition) is 7. The van der Waals surface area contributed by atoms with Crippen molar-refractivity contribution in [2.75, 3.05) is 0 Å². The molecule has 0 radical (unpaired) electrons. The number of rotatable bonds is 9. The molecule has 5 rings (SSSR count). The van der Waals surface area contributed by atoms with Crippen molar-refractivity contribution in [1.29, 1.82) is 0 Å². The minimum atomic E-state index is -1.13. The molecule has 0 fully saturated rings. The zero-order chi connectivity index (χ0) is 27.5. The summed E-state index contributed by atoms with van der Waals surface area (Å²) in [7, 11) is -2.12. The van der Waals surface area contributed by atoms with E-state index >= 15 is 0 Å². The molecular formula is C27H26B2N2O8. The largest absolute Gasteiger partial charge is 0.492 e. The number of carbonyl (C=O) groups excluding carboxylic acids is 2. The summed E-state index contributed by atoms with van der Waals surface area (Å²) in [4.78, 5) is 37.0. The minimum Gasteiger partial charge on any atom is -0.478 e. The number of nitrogens with one attached hydrogen (secondary N) is 2. The number of fused-ring (bicyclic) bond motifs is 2. The van der Waals surface area contributed by atoms with Crippen LogP contribution >= 0.6 is 0 Å². The first kappa shape index (κ1) is 26.6. The Morgan fingerprint density at radius 2 is 1.21 bits per heavy atom. The number of amides is 2. The molecule has 0 aliphatic carbocycles. The molecule has 0 saturated carbocycles. The lowest BCUT2D eigenvalue weighted by Crippen LogP contribution is -2.34. The second-order valence-corrected chi connectivity index (χ2v) is 9.56. The molecule has 0 aromatic heterocycles. The van der Waals surface area contributed by atoms with Gasteiger partial charge in [-0.3, -0.25) is 9.59 Å². The summed E-state index contributed by atoms with van der Waals surface area (Å²) >= 11 is 0. The highest BCUT2D eigenvalue weighted by Gasteiger charge is 2.31. The SMILES string of the molecule is O=C(Cc1cccc2c1B(O)OC2)NCc1cc(CNC(=O)Cc2cccc3c2B(O)OC3)cc(C(=O)O)c1. The Labute approximate surface area is 225 Å². The summed E-state index contributed by atoms with van der Waals surface area (Å²) < 4.78 is 10.5. The lowest BCUT2D eigenvalue weighted by molar-refractivity contribution is -0.121. The van der Waals surface area contributed by atoms with E-state index in [1.54, 1.807) is 30.3 Å². The van der Waals surface area contributed by atoms with Gasteiger partial charge in [-0.1, -0.05) is 42.5 Å². The van der Waals surface area contributed by atoms with Crippen molar-refractivity contribution in [2.45, 2.75) is 39.1 Å². The topological polar surface area (TPSA) is 154 Å². The van der Waals surface area contributed by atoms with Gasteiger partial charge in [0.1, 0.15) is 0 Å². The summed E-state index contributed by atoms with van der Waals surface area (Å²) in [6.45, 7) is 0.750. The van der Waals surface area contributed by atoms with E-state index in [0.717, 1.165) is 11.1 Å². The van der Waals surface area contributed by atoms with Gasteiger partial charge in [-0.05, 0) is 56.4 Å². The van der Waals surface area contributed by atoms with Crippen LogP contribution in [0.15, 0.2) is 54.6 Å². The van der Waals surface area contributed by atoms with Crippen LogP contribution in [0.3, 0.4) is 0 Å². The average Bonchev–Trinajstić information content (AvgIpc) is 3.49. The van der Waals surface area contributed by atoms with Crippen LogP contribution in [0, 0.1) is 0 Å². The fraction of sp³-hybridized carbons (Fsp3) is 0.222. The molecule has 0 saturated heterocycles. The van der Waals surface area contributed by atoms with Crippen molar-refractivity contribution in [1.82, 2.24) is 10.6 Å². The van der Waals surface area contributed by atoms with Crippen molar-refractivity contribution in [3.63, 3.8) is 0 Å². The van der Waals surface area contributed by atoms with Gasteiger partial charge < -0.3 is 35.1 Å². The summed E-state index contributed by atoms with van der Waals surface area (Å²) in [5.41, 5.74) is 5.41. The van der Waals surface area contributed by atoms with Crippen molar-refractivity contribution in [2.24, 2.45) is 0 Å². The van der Waals surface area contributed by atoms with E-state index < -0.39 is 20.2 Å². The monoisotopic (exact) mass is 528 g/mol. The second kappa shape index (κ2) is 11.4. The predicted molar refractivity (Wildman–Crippen MR) is 142 cm³/mol. The first-order valence-electron chi connectivity index (χ1n) is 12.5. The molecule has 12 heteroatoms. The first-order valence-corrected chi connectivity index (χ1v) is 12.5. The smallest absolute Gasteiger partial charge is 0.478 e. The lowest BCUT2D eigenvalue weighted by atomic mass is 9.75. The normalized spacial score (nSPS) is 13.7. The number of carboxylic acid groups (broad SMARTS) is 1. The van der Waals surface area contributed by atoms with Gasteiger partial charge in [0.05, 0.1) is 31.6 Å². The molecule has 39 heavy (non-hydrogen) atoms. The molecule has 2 heterocycles. The quantitative estimate of drug-likeness (QED) is 0.234. The van der Waals surface area contributed by atoms with Crippen LogP contribution in [0.25, 0.3) is 0 Å². The zero-order valence-electron chi connectivity index (χ0n) is 21.0. The average molecular weight is 528 g/mol. The van der Waals surface area contributed by atoms with E-state index in [1.165, 1.54) is 12.1 Å². The third kappa shape index (κ3) is 6.04. The zero-order valence-corrected chi connectivity index (χ0v) is 21.0. The Kier molecular flexibility index (Phi) is 7.80. The Hall–Kier alpha value is -3.96. The highest BCUT2D eigenvalue weighted by Crippen LogP contribution is 2.15. The third-order valence-electron chi connectivity index (χ3n) is 6.84.